The van der Waals surface area contributed by atoms with Gasteiger partial charge >= 0.3 is 0 Å². The van der Waals surface area contributed by atoms with Gasteiger partial charge in [-0.1, -0.05) is 12.1 Å². The highest BCUT2D eigenvalue weighted by Crippen LogP contribution is 2.33. The number of amides is 2. The number of nitrogens with zero attached hydrogens (tertiary/aromatic N) is 4. The van der Waals surface area contributed by atoms with E-state index in [2.05, 4.69) is 30.9 Å². The molecule has 0 saturated carbocycles. The number of furan rings is 1. The van der Waals surface area contributed by atoms with E-state index in [-0.39, 0.29) is 24.4 Å². The maximum Gasteiger partial charge on any atom is 0.262 e. The summed E-state index contributed by atoms with van der Waals surface area (Å²) in [4.78, 5) is 31.4. The molecule has 9 nitrogen and oxygen atoms in total. The van der Waals surface area contributed by atoms with Crippen molar-refractivity contribution in [3.8, 4) is 5.75 Å². The second-order valence-electron chi connectivity index (χ2n) is 10.2. The van der Waals surface area contributed by atoms with Crippen LogP contribution in [-0.4, -0.2) is 85.4 Å². The van der Waals surface area contributed by atoms with Gasteiger partial charge in [-0.15, -0.1) is 0 Å². The Morgan fingerprint density at radius 2 is 1.82 bits per heavy atom. The molecule has 1 aromatic heterocycles. The maximum atomic E-state index is 13.9. The van der Waals surface area contributed by atoms with Gasteiger partial charge < -0.3 is 18.8 Å². The van der Waals surface area contributed by atoms with Crippen LogP contribution in [-0.2, 0) is 9.53 Å². The van der Waals surface area contributed by atoms with E-state index in [9.17, 15) is 9.59 Å². The summed E-state index contributed by atoms with van der Waals surface area (Å²) in [5.41, 5.74) is 4.66. The zero-order valence-corrected chi connectivity index (χ0v) is 23.3. The minimum Gasteiger partial charge on any atom is -0.497 e. The second-order valence-corrected chi connectivity index (χ2v) is 10.2. The van der Waals surface area contributed by atoms with Crippen LogP contribution in [0.5, 0.6) is 5.75 Å². The highest BCUT2D eigenvalue weighted by atomic mass is 16.5. The van der Waals surface area contributed by atoms with Crippen molar-refractivity contribution < 1.29 is 23.5 Å². The molecule has 2 aromatic carbocycles. The van der Waals surface area contributed by atoms with Crippen LogP contribution >= 0.6 is 0 Å². The molecule has 1 atom stereocenters. The molecule has 0 bridgehead atoms. The summed E-state index contributed by atoms with van der Waals surface area (Å²) in [5.74, 6) is 0.858. The first-order valence-corrected chi connectivity index (χ1v) is 13.7. The summed E-state index contributed by atoms with van der Waals surface area (Å²) in [6.07, 6.45) is 2.13. The zero-order chi connectivity index (χ0) is 28.1. The van der Waals surface area contributed by atoms with Crippen LogP contribution in [0.4, 0.5) is 0 Å². The van der Waals surface area contributed by atoms with E-state index in [1.165, 1.54) is 16.1 Å². The highest BCUT2D eigenvalue weighted by Gasteiger charge is 2.36. The standard InChI is InChI=1S/C31H36N4O5/c1-22-6-7-25(19-23(22)2)27-20-28(29-5-4-16-40-29)35(32-27)30(36)21-34(13-12-33-14-17-39-18-15-33)31(37)24-8-10-26(38-3)11-9-24/h4-11,16,19,28H,12-15,17-18,20-21H2,1-3H3/t28-/m0/s1. The molecule has 3 heterocycles. The molecule has 0 spiro atoms. The molecule has 1 saturated heterocycles. The number of hydrazone groups is 1. The van der Waals surface area contributed by atoms with Gasteiger partial charge in [-0.25, -0.2) is 5.01 Å². The number of morpholine rings is 1. The third-order valence-corrected chi connectivity index (χ3v) is 7.62. The third-order valence-electron chi connectivity index (χ3n) is 7.62. The van der Waals surface area contributed by atoms with Crippen molar-refractivity contribution in [3.05, 3.63) is 88.9 Å². The largest absolute Gasteiger partial charge is 0.497 e. The number of hydrogen-bond donors (Lipinski definition) is 0. The van der Waals surface area contributed by atoms with Crippen molar-refractivity contribution in [2.45, 2.75) is 26.3 Å². The van der Waals surface area contributed by atoms with Crippen molar-refractivity contribution in [1.82, 2.24) is 14.8 Å². The van der Waals surface area contributed by atoms with E-state index in [0.717, 1.165) is 24.4 Å². The minimum atomic E-state index is -0.378. The summed E-state index contributed by atoms with van der Waals surface area (Å²) >= 11 is 0. The number of ether oxygens (including phenoxy) is 2. The molecule has 9 heteroatoms. The lowest BCUT2D eigenvalue weighted by Crippen LogP contribution is -2.46. The van der Waals surface area contributed by atoms with E-state index >= 15 is 0 Å². The van der Waals surface area contributed by atoms with Crippen molar-refractivity contribution in [1.29, 1.82) is 0 Å². The zero-order valence-electron chi connectivity index (χ0n) is 23.3. The summed E-state index contributed by atoms with van der Waals surface area (Å²) in [6, 6.07) is 16.5. The fraction of sp³-hybridized carbons (Fsp3) is 0.387. The predicted molar refractivity (Wildman–Crippen MR) is 152 cm³/mol. The third kappa shape index (κ3) is 6.26. The number of carbonyl (C=O) groups is 2. The van der Waals surface area contributed by atoms with E-state index in [1.54, 1.807) is 42.5 Å². The Balaban J connectivity index is 1.39. The van der Waals surface area contributed by atoms with E-state index in [4.69, 9.17) is 19.0 Å². The van der Waals surface area contributed by atoms with E-state index in [0.29, 0.717) is 49.8 Å². The van der Waals surface area contributed by atoms with Gasteiger partial charge in [0, 0.05) is 38.2 Å². The van der Waals surface area contributed by atoms with Gasteiger partial charge in [-0.05, 0) is 73.0 Å². The van der Waals surface area contributed by atoms with Crippen LogP contribution in [0.3, 0.4) is 0 Å². The van der Waals surface area contributed by atoms with Crippen molar-refractivity contribution in [2.75, 3.05) is 53.0 Å². The van der Waals surface area contributed by atoms with Crippen molar-refractivity contribution in [3.63, 3.8) is 0 Å². The van der Waals surface area contributed by atoms with Crippen LogP contribution in [0.15, 0.2) is 70.4 Å². The van der Waals surface area contributed by atoms with Gasteiger partial charge in [-0.2, -0.15) is 5.10 Å². The fourth-order valence-electron chi connectivity index (χ4n) is 5.03. The number of carbonyl (C=O) groups excluding carboxylic acids is 2. The van der Waals surface area contributed by atoms with Crippen LogP contribution in [0.1, 0.15) is 45.3 Å². The normalized spacial score (nSPS) is 17.5. The molecular formula is C31H36N4O5. The Hall–Kier alpha value is -3.95. The Morgan fingerprint density at radius 3 is 2.50 bits per heavy atom. The molecule has 2 amide bonds. The first-order chi connectivity index (χ1) is 19.4. The first-order valence-electron chi connectivity index (χ1n) is 13.7. The van der Waals surface area contributed by atoms with Gasteiger partial charge in [-0.3, -0.25) is 14.5 Å². The molecule has 0 N–H and O–H groups in total. The molecule has 2 aliphatic heterocycles. The van der Waals surface area contributed by atoms with Gasteiger partial charge in [0.15, 0.2) is 0 Å². The predicted octanol–water partition coefficient (Wildman–Crippen LogP) is 4.06. The summed E-state index contributed by atoms with van der Waals surface area (Å²) in [7, 11) is 1.59. The monoisotopic (exact) mass is 544 g/mol. The highest BCUT2D eigenvalue weighted by molar-refractivity contribution is 6.04. The van der Waals surface area contributed by atoms with E-state index in [1.807, 2.05) is 18.2 Å². The van der Waals surface area contributed by atoms with E-state index < -0.39 is 0 Å². The van der Waals surface area contributed by atoms with Crippen molar-refractivity contribution >= 4 is 17.5 Å². The summed E-state index contributed by atoms with van der Waals surface area (Å²) < 4.78 is 16.4. The molecule has 2 aliphatic rings. The lowest BCUT2D eigenvalue weighted by molar-refractivity contribution is -0.134. The van der Waals surface area contributed by atoms with Gasteiger partial charge in [0.1, 0.15) is 24.1 Å². The average molecular weight is 545 g/mol. The Bertz CT molecular complexity index is 1350. The molecule has 1 fully saturated rings. The topological polar surface area (TPSA) is 87.8 Å². The number of benzene rings is 2. The van der Waals surface area contributed by atoms with Gasteiger partial charge in [0.05, 0.1) is 32.3 Å². The lowest BCUT2D eigenvalue weighted by Gasteiger charge is -2.31. The molecule has 0 radical (unpaired) electrons. The first kappa shape index (κ1) is 27.6. The quantitative estimate of drug-likeness (QED) is 0.404. The molecule has 40 heavy (non-hydrogen) atoms. The number of rotatable bonds is 9. The summed E-state index contributed by atoms with van der Waals surface area (Å²) in [6.45, 7) is 8.03. The van der Waals surface area contributed by atoms with Gasteiger partial charge in [0.2, 0.25) is 0 Å². The molecule has 5 rings (SSSR count). The number of hydrogen-bond acceptors (Lipinski definition) is 7. The molecular weight excluding hydrogens is 508 g/mol. The lowest BCUT2D eigenvalue weighted by atomic mass is 9.99. The number of aryl methyl sites for hydroxylation is 2. The minimum absolute atomic E-state index is 0.101. The fourth-order valence-corrected chi connectivity index (χ4v) is 5.03. The average Bonchev–Trinajstić information content (AvgIpc) is 3.68. The molecule has 0 unspecified atom stereocenters. The SMILES string of the molecule is COc1ccc(C(=O)N(CCN2CCOCC2)CC(=O)N2N=C(c3ccc(C)c(C)c3)C[C@H]2c2ccco2)cc1. The van der Waals surface area contributed by atoms with Crippen LogP contribution in [0.2, 0.25) is 0 Å². The Labute approximate surface area is 234 Å². The summed E-state index contributed by atoms with van der Waals surface area (Å²) in [5, 5.41) is 6.28. The molecule has 3 aromatic rings. The number of methoxy groups -OCH3 is 1. The second kappa shape index (κ2) is 12.5. The van der Waals surface area contributed by atoms with Crippen LogP contribution in [0.25, 0.3) is 0 Å². The molecule has 210 valence electrons. The maximum absolute atomic E-state index is 13.9. The Morgan fingerprint density at radius 1 is 1.05 bits per heavy atom. The van der Waals surface area contributed by atoms with Crippen LogP contribution in [0, 0.1) is 13.8 Å². The smallest absolute Gasteiger partial charge is 0.262 e. The molecule has 0 aliphatic carbocycles. The Kier molecular flexibility index (Phi) is 8.62. The van der Waals surface area contributed by atoms with Gasteiger partial charge in [0.25, 0.3) is 11.8 Å². The van der Waals surface area contributed by atoms with Crippen LogP contribution < -0.4 is 4.74 Å². The van der Waals surface area contributed by atoms with Crippen molar-refractivity contribution in [2.24, 2.45) is 5.10 Å².